The van der Waals surface area contributed by atoms with Gasteiger partial charge in [0.05, 0.1) is 15.6 Å². The van der Waals surface area contributed by atoms with Crippen molar-refractivity contribution in [1.82, 2.24) is 9.78 Å². The minimum Gasteiger partial charge on any atom is -0.369 e. The molecule has 0 aliphatic rings. The molecule has 0 unspecified atom stereocenters. The number of nitrogens with one attached hydrogen (secondary N) is 1. The van der Waals surface area contributed by atoms with E-state index >= 15 is 0 Å². The molecule has 0 atom stereocenters. The van der Waals surface area contributed by atoms with E-state index in [1.165, 1.54) is 6.07 Å². The van der Waals surface area contributed by atoms with Gasteiger partial charge >= 0.3 is 11.7 Å². The maximum Gasteiger partial charge on any atom is 0.502 e. The Balaban J connectivity index is 2.88. The first-order chi connectivity index (χ1) is 14.2. The van der Waals surface area contributed by atoms with Gasteiger partial charge in [-0.05, 0) is 25.1 Å². The summed E-state index contributed by atoms with van der Waals surface area (Å²) in [6.07, 6.45) is -4.69. The molecular weight excluding hydrogens is 499 g/mol. The number of hydrogen-bond acceptors (Lipinski definition) is 6. The summed E-state index contributed by atoms with van der Waals surface area (Å²) in [5.74, 6) is -0.856. The van der Waals surface area contributed by atoms with Crippen molar-refractivity contribution in [2.75, 3.05) is 18.4 Å². The molecule has 1 aromatic heterocycles. The molecule has 0 amide bonds. The van der Waals surface area contributed by atoms with Crippen molar-refractivity contribution in [3.63, 3.8) is 0 Å². The summed E-state index contributed by atoms with van der Waals surface area (Å²) in [6.45, 7) is -0.0985. The topological polar surface area (TPSA) is 114 Å². The van der Waals surface area contributed by atoms with E-state index < -0.39 is 59.2 Å². The molecular formula is C15H11Cl2F6N5O2S. The van der Waals surface area contributed by atoms with Crippen molar-refractivity contribution in [3.05, 3.63) is 33.4 Å². The van der Waals surface area contributed by atoms with Crippen LogP contribution in [0.15, 0.2) is 17.0 Å². The summed E-state index contributed by atoms with van der Waals surface area (Å²) in [4.78, 5) is -1.52. The van der Waals surface area contributed by atoms with Crippen molar-refractivity contribution in [2.45, 2.75) is 23.0 Å². The Kier molecular flexibility index (Phi) is 7.06. The summed E-state index contributed by atoms with van der Waals surface area (Å²) in [6, 6.07) is 2.08. The normalized spacial score (nSPS) is 12.6. The lowest BCUT2D eigenvalue weighted by Crippen LogP contribution is -2.25. The predicted molar refractivity (Wildman–Crippen MR) is 98.7 cm³/mol. The number of benzene rings is 1. The molecule has 3 N–H and O–H groups in total. The lowest BCUT2D eigenvalue weighted by molar-refractivity contribution is -0.137. The van der Waals surface area contributed by atoms with E-state index in [9.17, 15) is 40.0 Å². The van der Waals surface area contributed by atoms with Crippen molar-refractivity contribution < 1.29 is 34.8 Å². The molecule has 31 heavy (non-hydrogen) atoms. The van der Waals surface area contributed by atoms with E-state index in [-0.39, 0.29) is 19.5 Å². The van der Waals surface area contributed by atoms with Crippen molar-refractivity contribution in [2.24, 2.45) is 5.73 Å². The largest absolute Gasteiger partial charge is 0.502 e. The molecule has 0 aliphatic carbocycles. The van der Waals surface area contributed by atoms with E-state index in [1.54, 1.807) is 0 Å². The van der Waals surface area contributed by atoms with Gasteiger partial charge < -0.3 is 11.1 Å². The highest BCUT2D eigenvalue weighted by Gasteiger charge is 2.51. The summed E-state index contributed by atoms with van der Waals surface area (Å²) in [7, 11) is -6.10. The highest BCUT2D eigenvalue weighted by Crippen LogP contribution is 2.42. The summed E-state index contributed by atoms with van der Waals surface area (Å²) in [5, 5.41) is 13.6. The fourth-order valence-electron chi connectivity index (χ4n) is 2.40. The second-order valence-corrected chi connectivity index (χ2v) is 8.55. The van der Waals surface area contributed by atoms with E-state index in [4.69, 9.17) is 28.9 Å². The van der Waals surface area contributed by atoms with Gasteiger partial charge in [-0.2, -0.15) is 36.7 Å². The van der Waals surface area contributed by atoms with Gasteiger partial charge in [0, 0.05) is 6.54 Å². The van der Waals surface area contributed by atoms with Crippen LogP contribution in [-0.4, -0.2) is 36.8 Å². The number of rotatable bonds is 6. The maximum absolute atomic E-state index is 13.2. The van der Waals surface area contributed by atoms with E-state index in [0.29, 0.717) is 16.8 Å². The fourth-order valence-corrected chi connectivity index (χ4v) is 4.04. The molecule has 0 saturated heterocycles. The van der Waals surface area contributed by atoms with Gasteiger partial charge in [0.2, 0.25) is 0 Å². The fraction of sp³-hybridized carbons (Fsp3) is 0.333. The third kappa shape index (κ3) is 4.84. The second-order valence-electron chi connectivity index (χ2n) is 5.85. The summed E-state index contributed by atoms with van der Waals surface area (Å²) < 4.78 is 103. The molecule has 1 heterocycles. The Morgan fingerprint density at radius 1 is 1.16 bits per heavy atom. The van der Waals surface area contributed by atoms with E-state index in [1.807, 2.05) is 0 Å². The highest BCUT2D eigenvalue weighted by atomic mass is 35.5. The summed E-state index contributed by atoms with van der Waals surface area (Å²) in [5.41, 5.74) is -3.49. The van der Waals surface area contributed by atoms with Crippen LogP contribution in [0.4, 0.5) is 32.2 Å². The third-order valence-electron chi connectivity index (χ3n) is 3.75. The molecule has 1 aromatic carbocycles. The Hall–Kier alpha value is -2.21. The quantitative estimate of drug-likeness (QED) is 0.447. The number of alkyl halides is 6. The number of hydrogen-bond donors (Lipinski definition) is 2. The minimum absolute atomic E-state index is 0.0649. The second kappa shape index (κ2) is 8.73. The summed E-state index contributed by atoms with van der Waals surface area (Å²) >= 11 is 11.7. The first kappa shape index (κ1) is 25.1. The smallest absolute Gasteiger partial charge is 0.369 e. The van der Waals surface area contributed by atoms with E-state index in [0.717, 1.165) is 0 Å². The SMILES string of the molecule is N#Cc1nn(-c2c(Cl)cc(C(F)(F)F)cc2Cl)c(NCCCN)c1S(=O)(=O)C(F)(F)F. The zero-order valence-corrected chi connectivity index (χ0v) is 17.3. The number of nitriles is 1. The lowest BCUT2D eigenvalue weighted by Gasteiger charge is -2.16. The van der Waals surface area contributed by atoms with Crippen LogP contribution in [0.5, 0.6) is 0 Å². The molecule has 7 nitrogen and oxygen atoms in total. The maximum atomic E-state index is 13.2. The van der Waals surface area contributed by atoms with Gasteiger partial charge in [-0.3, -0.25) is 0 Å². The van der Waals surface area contributed by atoms with Gasteiger partial charge in [-0.15, -0.1) is 0 Å². The van der Waals surface area contributed by atoms with Crippen LogP contribution in [-0.2, 0) is 16.0 Å². The first-order valence-corrected chi connectivity index (χ1v) is 10.3. The van der Waals surface area contributed by atoms with Crippen LogP contribution in [0.3, 0.4) is 0 Å². The minimum atomic E-state index is -6.10. The zero-order chi connectivity index (χ0) is 23.8. The molecule has 170 valence electrons. The average molecular weight is 510 g/mol. The highest BCUT2D eigenvalue weighted by molar-refractivity contribution is 7.92. The number of anilines is 1. The molecule has 2 aromatic rings. The number of sulfone groups is 1. The Labute approximate surface area is 181 Å². The monoisotopic (exact) mass is 509 g/mol. The van der Waals surface area contributed by atoms with Gasteiger partial charge in [-0.25, -0.2) is 13.1 Å². The lowest BCUT2D eigenvalue weighted by atomic mass is 10.2. The first-order valence-electron chi connectivity index (χ1n) is 8.01. The number of halogens is 8. The van der Waals surface area contributed by atoms with Crippen molar-refractivity contribution in [3.8, 4) is 11.8 Å². The number of aromatic nitrogens is 2. The van der Waals surface area contributed by atoms with Gasteiger partial charge in [-0.1, -0.05) is 23.2 Å². The molecule has 0 bridgehead atoms. The zero-order valence-electron chi connectivity index (χ0n) is 14.9. The number of nitrogens with zero attached hydrogens (tertiary/aromatic N) is 3. The van der Waals surface area contributed by atoms with Crippen molar-refractivity contribution >= 4 is 38.9 Å². The Bertz CT molecular complexity index is 1120. The van der Waals surface area contributed by atoms with Crippen LogP contribution >= 0.6 is 23.2 Å². The Morgan fingerprint density at radius 2 is 1.71 bits per heavy atom. The third-order valence-corrected chi connectivity index (χ3v) is 5.86. The molecule has 0 radical (unpaired) electrons. The van der Waals surface area contributed by atoms with Gasteiger partial charge in [0.25, 0.3) is 9.84 Å². The van der Waals surface area contributed by atoms with Gasteiger partial charge in [0.15, 0.2) is 16.4 Å². The van der Waals surface area contributed by atoms with Crippen LogP contribution in [0.2, 0.25) is 10.0 Å². The van der Waals surface area contributed by atoms with E-state index in [2.05, 4.69) is 10.4 Å². The van der Waals surface area contributed by atoms with Crippen LogP contribution in [0.25, 0.3) is 5.69 Å². The van der Waals surface area contributed by atoms with Crippen LogP contribution in [0, 0.1) is 11.3 Å². The van der Waals surface area contributed by atoms with Crippen LogP contribution < -0.4 is 11.1 Å². The van der Waals surface area contributed by atoms with Crippen LogP contribution in [0.1, 0.15) is 17.7 Å². The average Bonchev–Trinajstić information content (AvgIpc) is 2.98. The number of nitrogens with two attached hydrogens (primary N) is 1. The molecule has 0 saturated carbocycles. The Morgan fingerprint density at radius 3 is 2.13 bits per heavy atom. The van der Waals surface area contributed by atoms with Gasteiger partial charge in [0.1, 0.15) is 11.8 Å². The van der Waals surface area contributed by atoms with Crippen molar-refractivity contribution in [1.29, 1.82) is 5.26 Å². The predicted octanol–water partition coefficient (Wildman–Crippen LogP) is 4.12. The molecule has 16 heteroatoms. The molecule has 0 aliphatic heterocycles. The molecule has 2 rings (SSSR count). The standard InChI is InChI=1S/C15H11Cl2F6N5O2S/c16-8-4-7(14(18,19)20)5-9(17)11(8)28-13(26-3-1-2-24)12(10(6-25)27-28)31(29,30)15(21,22)23/h4-5,26H,1-3,24H2. The molecule has 0 spiro atoms. The molecule has 0 fully saturated rings.